The lowest BCUT2D eigenvalue weighted by atomic mass is 10.0. The molecule has 0 bridgehead atoms. The summed E-state index contributed by atoms with van der Waals surface area (Å²) in [7, 11) is 2.03. The average Bonchev–Trinajstić information content (AvgIpc) is 2.79. The van der Waals surface area contributed by atoms with Gasteiger partial charge in [0.25, 0.3) is 0 Å². The van der Waals surface area contributed by atoms with Gasteiger partial charge in [-0.05, 0) is 11.6 Å². The summed E-state index contributed by atoms with van der Waals surface area (Å²) in [6.07, 6.45) is 2.08. The van der Waals surface area contributed by atoms with Gasteiger partial charge in [0.1, 0.15) is 6.67 Å². The standard InChI is InChI=1S/C15H20FN3/c1-18-11-13(12-4-2-3-5-14(12)18)15(10-16)19-8-6-17-7-9-19/h2-5,11,15,17H,6-10H2,1H3/t15-/m0/s1. The number of alkyl halides is 1. The van der Waals surface area contributed by atoms with Crippen LogP contribution < -0.4 is 5.32 Å². The molecule has 1 fully saturated rings. The third-order valence-electron chi connectivity index (χ3n) is 4.03. The second-order valence-electron chi connectivity index (χ2n) is 5.17. The Morgan fingerprint density at radius 2 is 2.00 bits per heavy atom. The summed E-state index contributed by atoms with van der Waals surface area (Å²) in [5, 5.41) is 4.49. The molecule has 2 heterocycles. The van der Waals surface area contributed by atoms with Gasteiger partial charge in [-0.2, -0.15) is 0 Å². The Kier molecular flexibility index (Phi) is 3.53. The van der Waals surface area contributed by atoms with Crippen LogP contribution in [0, 0.1) is 0 Å². The number of benzene rings is 1. The van der Waals surface area contributed by atoms with Gasteiger partial charge in [0.2, 0.25) is 0 Å². The van der Waals surface area contributed by atoms with Crippen LogP contribution in [0.3, 0.4) is 0 Å². The highest BCUT2D eigenvalue weighted by Crippen LogP contribution is 2.30. The summed E-state index contributed by atoms with van der Waals surface area (Å²) in [5.41, 5.74) is 2.29. The fourth-order valence-electron chi connectivity index (χ4n) is 3.01. The number of piperazine rings is 1. The Morgan fingerprint density at radius 3 is 2.74 bits per heavy atom. The molecule has 0 aliphatic carbocycles. The molecule has 1 aromatic heterocycles. The highest BCUT2D eigenvalue weighted by molar-refractivity contribution is 5.84. The van der Waals surface area contributed by atoms with E-state index in [-0.39, 0.29) is 12.7 Å². The Hall–Kier alpha value is -1.39. The topological polar surface area (TPSA) is 20.2 Å². The van der Waals surface area contributed by atoms with E-state index in [1.54, 1.807) is 0 Å². The number of aromatic nitrogens is 1. The van der Waals surface area contributed by atoms with Gasteiger partial charge in [-0.15, -0.1) is 0 Å². The molecule has 19 heavy (non-hydrogen) atoms. The zero-order chi connectivity index (χ0) is 13.2. The number of fused-ring (bicyclic) bond motifs is 1. The minimum atomic E-state index is -0.325. The first-order valence-electron chi connectivity index (χ1n) is 6.86. The molecule has 0 spiro atoms. The maximum Gasteiger partial charge on any atom is 0.109 e. The summed E-state index contributed by atoms with van der Waals surface area (Å²) >= 11 is 0. The van der Waals surface area contributed by atoms with Crippen molar-refractivity contribution in [2.24, 2.45) is 7.05 Å². The van der Waals surface area contributed by atoms with E-state index in [9.17, 15) is 4.39 Å². The Balaban J connectivity index is 2.01. The largest absolute Gasteiger partial charge is 0.350 e. The third-order valence-corrected chi connectivity index (χ3v) is 4.03. The third kappa shape index (κ3) is 2.26. The maximum absolute atomic E-state index is 13.6. The fraction of sp³-hybridized carbons (Fsp3) is 0.467. The van der Waals surface area contributed by atoms with E-state index >= 15 is 0 Å². The average molecular weight is 261 g/mol. The lowest BCUT2D eigenvalue weighted by Crippen LogP contribution is -2.45. The highest BCUT2D eigenvalue weighted by Gasteiger charge is 2.24. The van der Waals surface area contributed by atoms with Crippen LogP contribution in [-0.4, -0.2) is 42.3 Å². The van der Waals surface area contributed by atoms with Gasteiger partial charge < -0.3 is 9.88 Å². The molecule has 1 aliphatic heterocycles. The van der Waals surface area contributed by atoms with Crippen molar-refractivity contribution in [1.29, 1.82) is 0 Å². The maximum atomic E-state index is 13.6. The second-order valence-corrected chi connectivity index (χ2v) is 5.17. The van der Waals surface area contributed by atoms with Crippen LogP contribution in [0.4, 0.5) is 4.39 Å². The van der Waals surface area contributed by atoms with Crippen molar-refractivity contribution in [2.75, 3.05) is 32.9 Å². The van der Waals surface area contributed by atoms with Gasteiger partial charge >= 0.3 is 0 Å². The number of nitrogens with zero attached hydrogens (tertiary/aromatic N) is 2. The van der Waals surface area contributed by atoms with E-state index in [0.717, 1.165) is 31.7 Å². The monoisotopic (exact) mass is 261 g/mol. The predicted molar refractivity (Wildman–Crippen MR) is 76.1 cm³/mol. The zero-order valence-electron chi connectivity index (χ0n) is 11.3. The molecule has 3 rings (SSSR count). The van der Waals surface area contributed by atoms with E-state index in [0.29, 0.717) is 0 Å². The van der Waals surface area contributed by atoms with E-state index in [2.05, 4.69) is 33.1 Å². The van der Waals surface area contributed by atoms with Gasteiger partial charge in [0.15, 0.2) is 0 Å². The van der Waals surface area contributed by atoms with Crippen LogP contribution in [-0.2, 0) is 7.05 Å². The minimum Gasteiger partial charge on any atom is -0.350 e. The molecular weight excluding hydrogens is 241 g/mol. The van der Waals surface area contributed by atoms with Crippen molar-refractivity contribution in [3.63, 3.8) is 0 Å². The Morgan fingerprint density at radius 1 is 1.26 bits per heavy atom. The Bertz CT molecular complexity index is 558. The zero-order valence-corrected chi connectivity index (χ0v) is 11.3. The lowest BCUT2D eigenvalue weighted by molar-refractivity contribution is 0.148. The second kappa shape index (κ2) is 5.31. The molecule has 0 unspecified atom stereocenters. The van der Waals surface area contributed by atoms with E-state index in [1.807, 2.05) is 19.2 Å². The van der Waals surface area contributed by atoms with E-state index < -0.39 is 0 Å². The van der Waals surface area contributed by atoms with Crippen molar-refractivity contribution < 1.29 is 4.39 Å². The molecule has 3 nitrogen and oxygen atoms in total. The summed E-state index contributed by atoms with van der Waals surface area (Å²) < 4.78 is 15.7. The fourth-order valence-corrected chi connectivity index (χ4v) is 3.01. The first-order chi connectivity index (χ1) is 9.31. The summed E-state index contributed by atoms with van der Waals surface area (Å²) in [6.45, 7) is 3.39. The van der Waals surface area contributed by atoms with Crippen LogP contribution in [0.15, 0.2) is 30.5 Å². The molecule has 4 heteroatoms. The van der Waals surface area contributed by atoms with Crippen molar-refractivity contribution in [2.45, 2.75) is 6.04 Å². The molecule has 1 aliphatic rings. The van der Waals surface area contributed by atoms with E-state index in [1.165, 1.54) is 10.9 Å². The quantitative estimate of drug-likeness (QED) is 0.913. The molecule has 0 amide bonds. The summed E-state index contributed by atoms with van der Waals surface area (Å²) in [6, 6.07) is 8.12. The lowest BCUT2D eigenvalue weighted by Gasteiger charge is -2.33. The van der Waals surface area contributed by atoms with Gasteiger partial charge in [-0.25, -0.2) is 4.39 Å². The number of hydrogen-bond donors (Lipinski definition) is 1. The highest BCUT2D eigenvalue weighted by atomic mass is 19.1. The molecule has 2 aromatic rings. The summed E-state index contributed by atoms with van der Waals surface area (Å²) in [4.78, 5) is 2.25. The van der Waals surface area contributed by atoms with Crippen LogP contribution in [0.1, 0.15) is 11.6 Å². The normalized spacial score (nSPS) is 18.8. The number of aryl methyl sites for hydroxylation is 1. The molecular formula is C15H20FN3. The molecule has 1 atom stereocenters. The van der Waals surface area contributed by atoms with Crippen molar-refractivity contribution in [3.05, 3.63) is 36.0 Å². The van der Waals surface area contributed by atoms with Crippen LogP contribution in [0.25, 0.3) is 10.9 Å². The smallest absolute Gasteiger partial charge is 0.109 e. The van der Waals surface area contributed by atoms with Gasteiger partial charge in [-0.1, -0.05) is 18.2 Å². The number of nitrogens with one attached hydrogen (secondary N) is 1. The summed E-state index contributed by atoms with van der Waals surface area (Å²) in [5.74, 6) is 0. The minimum absolute atomic E-state index is 0.117. The first kappa shape index (κ1) is 12.6. The van der Waals surface area contributed by atoms with Gasteiger partial charge in [0, 0.05) is 50.3 Å². The van der Waals surface area contributed by atoms with Crippen LogP contribution in [0.2, 0.25) is 0 Å². The van der Waals surface area contributed by atoms with Crippen molar-refractivity contribution in [1.82, 2.24) is 14.8 Å². The molecule has 1 aromatic carbocycles. The van der Waals surface area contributed by atoms with Gasteiger partial charge in [0.05, 0.1) is 6.04 Å². The van der Waals surface area contributed by atoms with Gasteiger partial charge in [-0.3, -0.25) is 4.90 Å². The molecule has 1 N–H and O–H groups in total. The molecule has 102 valence electrons. The first-order valence-corrected chi connectivity index (χ1v) is 6.86. The number of rotatable bonds is 3. The predicted octanol–water partition coefficient (Wildman–Crippen LogP) is 2.09. The van der Waals surface area contributed by atoms with E-state index in [4.69, 9.17) is 0 Å². The van der Waals surface area contributed by atoms with Crippen molar-refractivity contribution >= 4 is 10.9 Å². The number of hydrogen-bond acceptors (Lipinski definition) is 2. The number of para-hydroxylation sites is 1. The van der Waals surface area contributed by atoms with Crippen molar-refractivity contribution in [3.8, 4) is 0 Å². The molecule has 0 saturated carbocycles. The SMILES string of the molecule is Cn1cc([C@H](CF)N2CCNCC2)c2ccccc21. The Labute approximate surface area is 113 Å². The van der Waals surface area contributed by atoms with Crippen LogP contribution in [0.5, 0.6) is 0 Å². The van der Waals surface area contributed by atoms with Crippen LogP contribution >= 0.6 is 0 Å². The molecule has 0 radical (unpaired) electrons. The molecule has 1 saturated heterocycles. The number of halogens is 1.